The smallest absolute Gasteiger partial charge is 0.309 e. The number of nitrogens with two attached hydrogens (primary N) is 2. The van der Waals surface area contributed by atoms with Gasteiger partial charge in [-0.3, -0.25) is 4.79 Å². The van der Waals surface area contributed by atoms with Crippen molar-refractivity contribution in [2.24, 2.45) is 17.4 Å². The van der Waals surface area contributed by atoms with Gasteiger partial charge in [0.2, 0.25) is 0 Å². The van der Waals surface area contributed by atoms with E-state index in [1.54, 1.807) is 0 Å². The first-order valence-corrected chi connectivity index (χ1v) is 9.78. The lowest BCUT2D eigenvalue weighted by Crippen LogP contribution is -2.43. The van der Waals surface area contributed by atoms with Gasteiger partial charge in [0.25, 0.3) is 0 Å². The zero-order valence-corrected chi connectivity index (χ0v) is 16.0. The minimum Gasteiger partial charge on any atom is -0.469 e. The number of aliphatic hydroxyl groups excluding tert-OH is 1. The number of aryl methyl sites for hydroxylation is 1. The van der Waals surface area contributed by atoms with Gasteiger partial charge in [0.15, 0.2) is 0 Å². The molecule has 2 heterocycles. The number of benzene rings is 1. The number of aliphatic hydroxyl groups is 1. The zero-order chi connectivity index (χ0) is 20.0. The second-order valence-electron chi connectivity index (χ2n) is 7.88. The Bertz CT molecular complexity index is 911. The number of aromatic amines is 1. The second kappa shape index (κ2) is 7.35. The Kier molecular flexibility index (Phi) is 5.03. The number of hydrogen-bond donors (Lipinski definition) is 4. The maximum absolute atomic E-state index is 15.2. The van der Waals surface area contributed by atoms with Crippen molar-refractivity contribution in [2.75, 3.05) is 25.1 Å². The lowest BCUT2D eigenvalue weighted by atomic mass is 9.86. The molecule has 0 spiro atoms. The summed E-state index contributed by atoms with van der Waals surface area (Å²) >= 11 is 0. The summed E-state index contributed by atoms with van der Waals surface area (Å²) in [5.41, 5.74) is 15.2. The first-order valence-electron chi connectivity index (χ1n) is 9.78. The predicted molar refractivity (Wildman–Crippen MR) is 104 cm³/mol. The molecule has 1 aromatic carbocycles. The fourth-order valence-corrected chi connectivity index (χ4v) is 4.71. The lowest BCUT2D eigenvalue weighted by molar-refractivity contribution is -0.145. The molecule has 6 N–H and O–H groups in total. The average molecular weight is 390 g/mol. The summed E-state index contributed by atoms with van der Waals surface area (Å²) in [7, 11) is 1.39. The van der Waals surface area contributed by atoms with Gasteiger partial charge >= 0.3 is 5.97 Å². The van der Waals surface area contributed by atoms with Gasteiger partial charge < -0.3 is 31.2 Å². The van der Waals surface area contributed by atoms with E-state index in [9.17, 15) is 9.90 Å². The van der Waals surface area contributed by atoms with Crippen LogP contribution in [0.15, 0.2) is 6.07 Å². The van der Waals surface area contributed by atoms with Crippen molar-refractivity contribution in [3.8, 4) is 0 Å². The molecule has 0 amide bonds. The first-order chi connectivity index (χ1) is 13.4. The highest BCUT2D eigenvalue weighted by Gasteiger charge is 2.32. The van der Waals surface area contributed by atoms with Crippen molar-refractivity contribution in [3.63, 3.8) is 0 Å². The molecule has 1 aliphatic carbocycles. The standard InChI is InChI=1S/C20H27FN4O3/c1-28-20(27)10-4-5-12-15(7-10)24-17-13(19(23)26)8-14(21)18(16(12)17)25-6-2-3-11(22)9-25/h8,10-11,19,24,26H,2-7,9,22-23H2,1H3/t10?,11-,19?/m0/s1. The van der Waals surface area contributed by atoms with E-state index in [1.165, 1.54) is 13.2 Å². The fourth-order valence-electron chi connectivity index (χ4n) is 4.71. The summed E-state index contributed by atoms with van der Waals surface area (Å²) in [5.74, 6) is -0.872. The lowest BCUT2D eigenvalue weighted by Gasteiger charge is -2.34. The molecule has 2 aromatic rings. The molecular weight excluding hydrogens is 363 g/mol. The number of fused-ring (bicyclic) bond motifs is 3. The van der Waals surface area contributed by atoms with Crippen LogP contribution in [0.1, 0.15) is 42.3 Å². The van der Waals surface area contributed by atoms with E-state index in [1.807, 2.05) is 4.90 Å². The van der Waals surface area contributed by atoms with Gasteiger partial charge in [-0.2, -0.15) is 0 Å². The van der Waals surface area contributed by atoms with Crippen LogP contribution in [0.2, 0.25) is 0 Å². The molecule has 7 nitrogen and oxygen atoms in total. The van der Waals surface area contributed by atoms with Crippen molar-refractivity contribution in [3.05, 3.63) is 28.7 Å². The van der Waals surface area contributed by atoms with Crippen LogP contribution in [-0.4, -0.2) is 42.3 Å². The molecule has 152 valence electrons. The third kappa shape index (κ3) is 3.15. The summed E-state index contributed by atoms with van der Waals surface area (Å²) in [5, 5.41) is 10.8. The van der Waals surface area contributed by atoms with Crippen LogP contribution >= 0.6 is 0 Å². The number of piperidine rings is 1. The van der Waals surface area contributed by atoms with Crippen molar-refractivity contribution < 1.29 is 19.0 Å². The quantitative estimate of drug-likeness (QED) is 0.466. The van der Waals surface area contributed by atoms with Crippen LogP contribution < -0.4 is 16.4 Å². The van der Waals surface area contributed by atoms with Gasteiger partial charge in [-0.05, 0) is 37.3 Å². The monoisotopic (exact) mass is 390 g/mol. The summed E-state index contributed by atoms with van der Waals surface area (Å²) < 4.78 is 20.1. The Balaban J connectivity index is 1.88. The summed E-state index contributed by atoms with van der Waals surface area (Å²) in [6.07, 6.45) is 2.30. The Morgan fingerprint density at radius 3 is 2.93 bits per heavy atom. The van der Waals surface area contributed by atoms with Crippen LogP contribution in [0.5, 0.6) is 0 Å². The zero-order valence-electron chi connectivity index (χ0n) is 16.0. The van der Waals surface area contributed by atoms with Crippen LogP contribution in [0.3, 0.4) is 0 Å². The number of rotatable bonds is 3. The molecule has 2 aliphatic rings. The van der Waals surface area contributed by atoms with E-state index in [2.05, 4.69) is 4.98 Å². The van der Waals surface area contributed by atoms with Crippen LogP contribution in [0.25, 0.3) is 10.9 Å². The van der Waals surface area contributed by atoms with Crippen LogP contribution in [0.4, 0.5) is 10.1 Å². The Labute approximate surface area is 162 Å². The third-order valence-corrected chi connectivity index (χ3v) is 6.05. The van der Waals surface area contributed by atoms with E-state index >= 15 is 4.39 Å². The molecule has 0 radical (unpaired) electrons. The number of esters is 1. The normalized spacial score (nSPS) is 23.5. The van der Waals surface area contributed by atoms with E-state index in [-0.39, 0.29) is 17.9 Å². The highest BCUT2D eigenvalue weighted by molar-refractivity contribution is 5.99. The number of nitrogens with zero attached hydrogens (tertiary/aromatic N) is 1. The molecule has 1 saturated heterocycles. The minimum atomic E-state index is -1.30. The minimum absolute atomic E-state index is 0.00134. The van der Waals surface area contributed by atoms with Crippen LogP contribution in [0, 0.1) is 11.7 Å². The number of carbonyl (C=O) groups is 1. The molecule has 2 unspecified atom stereocenters. The number of nitrogens with one attached hydrogen (secondary N) is 1. The molecule has 3 atom stereocenters. The second-order valence-corrected chi connectivity index (χ2v) is 7.88. The van der Waals surface area contributed by atoms with E-state index in [4.69, 9.17) is 16.2 Å². The average Bonchev–Trinajstić information content (AvgIpc) is 3.04. The summed E-state index contributed by atoms with van der Waals surface area (Å²) in [6.45, 7) is 1.32. The number of H-pyrrole nitrogens is 1. The molecule has 4 rings (SSSR count). The highest BCUT2D eigenvalue weighted by Crippen LogP contribution is 2.42. The Hall–Kier alpha value is -2.16. The molecule has 28 heavy (non-hydrogen) atoms. The molecule has 8 heteroatoms. The van der Waals surface area contributed by atoms with Gasteiger partial charge in [-0.15, -0.1) is 0 Å². The molecule has 0 saturated carbocycles. The van der Waals surface area contributed by atoms with Gasteiger partial charge in [0.1, 0.15) is 12.0 Å². The maximum atomic E-state index is 15.2. The van der Waals surface area contributed by atoms with Crippen molar-refractivity contribution in [1.82, 2.24) is 4.98 Å². The van der Waals surface area contributed by atoms with E-state index < -0.39 is 12.0 Å². The Morgan fingerprint density at radius 1 is 1.46 bits per heavy atom. The fraction of sp³-hybridized carbons (Fsp3) is 0.550. The molecule has 1 aliphatic heterocycles. The largest absolute Gasteiger partial charge is 0.469 e. The number of carbonyl (C=O) groups excluding carboxylic acids is 1. The number of halogens is 1. The van der Waals surface area contributed by atoms with E-state index in [0.717, 1.165) is 36.0 Å². The van der Waals surface area contributed by atoms with Gasteiger partial charge in [0, 0.05) is 42.2 Å². The number of anilines is 1. The van der Waals surface area contributed by atoms with Crippen LogP contribution in [-0.2, 0) is 22.4 Å². The number of ether oxygens (including phenoxy) is 1. The molecule has 1 fully saturated rings. The number of hydrogen-bond acceptors (Lipinski definition) is 6. The number of aromatic nitrogens is 1. The van der Waals surface area contributed by atoms with Gasteiger partial charge in [-0.25, -0.2) is 4.39 Å². The van der Waals surface area contributed by atoms with Crippen molar-refractivity contribution in [2.45, 2.75) is 44.4 Å². The molecular formula is C20H27FN4O3. The predicted octanol–water partition coefficient (Wildman–Crippen LogP) is 1.46. The third-order valence-electron chi connectivity index (χ3n) is 6.05. The first kappa shape index (κ1) is 19.2. The maximum Gasteiger partial charge on any atom is 0.309 e. The summed E-state index contributed by atoms with van der Waals surface area (Å²) in [6, 6.07) is 1.31. The van der Waals surface area contributed by atoms with E-state index in [0.29, 0.717) is 42.6 Å². The summed E-state index contributed by atoms with van der Waals surface area (Å²) in [4.78, 5) is 17.3. The molecule has 1 aromatic heterocycles. The van der Waals surface area contributed by atoms with Gasteiger partial charge in [-0.1, -0.05) is 0 Å². The molecule has 0 bridgehead atoms. The topological polar surface area (TPSA) is 118 Å². The highest BCUT2D eigenvalue weighted by atomic mass is 19.1. The Morgan fingerprint density at radius 2 is 2.25 bits per heavy atom. The number of methoxy groups -OCH3 is 1. The van der Waals surface area contributed by atoms with Crippen molar-refractivity contribution in [1.29, 1.82) is 0 Å². The van der Waals surface area contributed by atoms with Gasteiger partial charge in [0.05, 0.1) is 24.2 Å². The SMILES string of the molecule is COC(=O)C1CCc2c([nH]c3c(C(N)O)cc(F)c(N4CCC[C@H](N)C4)c23)C1. The van der Waals surface area contributed by atoms with Crippen molar-refractivity contribution >= 4 is 22.6 Å².